The lowest BCUT2D eigenvalue weighted by molar-refractivity contribution is 0.375. The summed E-state index contributed by atoms with van der Waals surface area (Å²) >= 11 is 0. The summed E-state index contributed by atoms with van der Waals surface area (Å²) in [5, 5.41) is 0. The van der Waals surface area contributed by atoms with Crippen molar-refractivity contribution >= 4 is 18.1 Å². The van der Waals surface area contributed by atoms with Gasteiger partial charge in [-0.15, -0.1) is 0 Å². The molecule has 0 bridgehead atoms. The molecule has 0 amide bonds. The molecule has 4 nitrogen and oxygen atoms in total. The molecule has 4 heteroatoms. The molecule has 0 radical (unpaired) electrons. The Balaban J connectivity index is 2.88. The van der Waals surface area contributed by atoms with E-state index in [9.17, 15) is 0 Å². The lowest BCUT2D eigenvalue weighted by Crippen LogP contribution is -1.66. The fraction of sp³-hybridized carbons (Fsp3) is 0. The predicted molar refractivity (Wildman–Crippen MR) is 36.7 cm³/mol. The number of imidazole rings is 1. The molecule has 2 aromatic heterocycles. The van der Waals surface area contributed by atoms with E-state index in [2.05, 4.69) is 16.7 Å². The maximum atomic E-state index is 4.97. The molecule has 2 aromatic rings. The van der Waals surface area contributed by atoms with Crippen LogP contribution in [0, 0.1) is 0 Å². The molecule has 0 fully saturated rings. The van der Waals surface area contributed by atoms with E-state index in [1.807, 2.05) is 0 Å². The van der Waals surface area contributed by atoms with Crippen LogP contribution in [-0.4, -0.2) is 16.3 Å². The van der Waals surface area contributed by atoms with Crippen molar-refractivity contribution in [1.82, 2.24) is 9.56 Å². The van der Waals surface area contributed by atoms with Crippen molar-refractivity contribution in [3.05, 3.63) is 18.7 Å². The fourth-order valence-corrected chi connectivity index (χ4v) is 0.848. The highest BCUT2D eigenvalue weighted by atomic mass is 16.5. The Labute approximate surface area is 56.8 Å². The number of rotatable bonds is 1. The van der Waals surface area contributed by atoms with E-state index in [-0.39, 0.29) is 0 Å². The summed E-state index contributed by atoms with van der Waals surface area (Å²) in [6, 6.07) is 1.79. The molecule has 0 aliphatic rings. The molecule has 0 saturated carbocycles. The van der Waals surface area contributed by atoms with Gasteiger partial charge < -0.3 is 4.52 Å². The van der Waals surface area contributed by atoms with Crippen LogP contribution in [0.5, 0.6) is 0 Å². The highest BCUT2D eigenvalue weighted by molar-refractivity contribution is 5.65. The van der Waals surface area contributed by atoms with E-state index in [4.69, 9.17) is 4.52 Å². The van der Waals surface area contributed by atoms with Crippen molar-refractivity contribution in [2.75, 3.05) is 0 Å². The van der Waals surface area contributed by atoms with E-state index < -0.39 is 0 Å². The van der Waals surface area contributed by atoms with Gasteiger partial charge in [0.05, 0.1) is 0 Å². The lowest BCUT2D eigenvalue weighted by Gasteiger charge is -1.77. The van der Waals surface area contributed by atoms with Crippen LogP contribution in [0.4, 0.5) is 5.82 Å². The van der Waals surface area contributed by atoms with Crippen LogP contribution in [0.15, 0.2) is 28.2 Å². The number of aromatic nitrogens is 2. The van der Waals surface area contributed by atoms with Crippen LogP contribution in [0.3, 0.4) is 0 Å². The van der Waals surface area contributed by atoms with Gasteiger partial charge in [0.25, 0.3) is 0 Å². The van der Waals surface area contributed by atoms with Gasteiger partial charge in [-0.05, 0) is 6.72 Å². The molecule has 2 heterocycles. The first-order chi connectivity index (χ1) is 4.92. The molecular weight excluding hydrogens is 130 g/mol. The monoisotopic (exact) mass is 135 g/mol. The Hall–Kier alpha value is -1.58. The quantitative estimate of drug-likeness (QED) is 0.552. The minimum atomic E-state index is 0.605. The van der Waals surface area contributed by atoms with Gasteiger partial charge in [-0.3, -0.25) is 0 Å². The van der Waals surface area contributed by atoms with Crippen molar-refractivity contribution in [1.29, 1.82) is 0 Å². The normalized spacial score (nSPS) is 10.4. The standard InChI is InChI=1S/C6H5N3O/c1-7-6-5-2-3-10-9(5)4-8-6/h2-4H,1H2. The summed E-state index contributed by atoms with van der Waals surface area (Å²) in [7, 11) is 0. The Kier molecular flexibility index (Phi) is 0.887. The van der Waals surface area contributed by atoms with E-state index in [1.165, 1.54) is 4.57 Å². The average molecular weight is 135 g/mol. The van der Waals surface area contributed by atoms with Crippen LogP contribution in [0.2, 0.25) is 0 Å². The second-order valence-electron chi connectivity index (χ2n) is 1.85. The highest BCUT2D eigenvalue weighted by Gasteiger charge is 2.01. The van der Waals surface area contributed by atoms with Gasteiger partial charge in [-0.2, -0.15) is 4.57 Å². The van der Waals surface area contributed by atoms with Crippen molar-refractivity contribution in [2.24, 2.45) is 4.99 Å². The first kappa shape index (κ1) is 5.22. The molecule has 0 N–H and O–H groups in total. The summed E-state index contributed by atoms with van der Waals surface area (Å²) in [6.45, 7) is 3.37. The highest BCUT2D eigenvalue weighted by Crippen LogP contribution is 2.16. The molecule has 0 spiro atoms. The fourth-order valence-electron chi connectivity index (χ4n) is 0.848. The molecule has 10 heavy (non-hydrogen) atoms. The molecule has 0 aliphatic heterocycles. The zero-order valence-corrected chi connectivity index (χ0v) is 5.19. The van der Waals surface area contributed by atoms with E-state index in [1.54, 1.807) is 18.7 Å². The summed E-state index contributed by atoms with van der Waals surface area (Å²) in [5.41, 5.74) is 0.843. The minimum absolute atomic E-state index is 0.605. The first-order valence-electron chi connectivity index (χ1n) is 2.79. The van der Waals surface area contributed by atoms with Crippen molar-refractivity contribution in [2.45, 2.75) is 0 Å². The van der Waals surface area contributed by atoms with Gasteiger partial charge in [0.2, 0.25) is 0 Å². The zero-order valence-electron chi connectivity index (χ0n) is 5.19. The van der Waals surface area contributed by atoms with E-state index >= 15 is 0 Å². The van der Waals surface area contributed by atoms with Gasteiger partial charge in [-0.1, -0.05) is 0 Å². The van der Waals surface area contributed by atoms with Crippen LogP contribution < -0.4 is 0 Å². The van der Waals surface area contributed by atoms with Crippen LogP contribution in [0.25, 0.3) is 5.52 Å². The second kappa shape index (κ2) is 1.70. The number of aliphatic imine (C=N–C) groups is 1. The molecular formula is C6H5N3O. The van der Waals surface area contributed by atoms with E-state index in [0.29, 0.717) is 5.82 Å². The van der Waals surface area contributed by atoms with Gasteiger partial charge in [0.15, 0.2) is 5.82 Å². The third-order valence-electron chi connectivity index (χ3n) is 1.30. The minimum Gasteiger partial charge on any atom is -0.381 e. The van der Waals surface area contributed by atoms with Crippen LogP contribution in [0.1, 0.15) is 0 Å². The van der Waals surface area contributed by atoms with Gasteiger partial charge >= 0.3 is 0 Å². The van der Waals surface area contributed by atoms with Crippen molar-refractivity contribution < 1.29 is 4.52 Å². The molecule has 0 unspecified atom stereocenters. The van der Waals surface area contributed by atoms with Crippen molar-refractivity contribution in [3.8, 4) is 0 Å². The third kappa shape index (κ3) is 0.500. The molecule has 0 atom stereocenters. The summed E-state index contributed by atoms with van der Waals surface area (Å²) in [6.07, 6.45) is 3.13. The lowest BCUT2D eigenvalue weighted by atomic mass is 10.5. The maximum absolute atomic E-state index is 4.97. The second-order valence-corrected chi connectivity index (χ2v) is 1.85. The van der Waals surface area contributed by atoms with E-state index in [0.717, 1.165) is 5.52 Å². The van der Waals surface area contributed by atoms with Gasteiger partial charge in [-0.25, -0.2) is 9.98 Å². The van der Waals surface area contributed by atoms with Gasteiger partial charge in [0, 0.05) is 6.07 Å². The molecule has 0 aliphatic carbocycles. The zero-order chi connectivity index (χ0) is 6.97. The number of nitrogens with zero attached hydrogens (tertiary/aromatic N) is 3. The Morgan fingerprint density at radius 3 is 3.40 bits per heavy atom. The summed E-state index contributed by atoms with van der Waals surface area (Å²) in [5.74, 6) is 0.605. The van der Waals surface area contributed by atoms with Crippen LogP contribution in [-0.2, 0) is 0 Å². The van der Waals surface area contributed by atoms with Crippen molar-refractivity contribution in [3.63, 3.8) is 0 Å². The predicted octanol–water partition coefficient (Wildman–Crippen LogP) is 1.26. The Morgan fingerprint density at radius 1 is 1.70 bits per heavy atom. The average Bonchev–Trinajstić information content (AvgIpc) is 2.44. The number of hydrogen-bond acceptors (Lipinski definition) is 3. The van der Waals surface area contributed by atoms with Crippen LogP contribution >= 0.6 is 0 Å². The number of hydrogen-bond donors (Lipinski definition) is 0. The third-order valence-corrected chi connectivity index (χ3v) is 1.30. The SMILES string of the molecule is C=Nc1ncn2occc12. The maximum Gasteiger partial charge on any atom is 0.180 e. The largest absolute Gasteiger partial charge is 0.381 e. The molecule has 0 aromatic carbocycles. The number of fused-ring (bicyclic) bond motifs is 1. The molecule has 50 valence electrons. The molecule has 0 saturated heterocycles. The summed E-state index contributed by atoms with van der Waals surface area (Å²) < 4.78 is 6.50. The smallest absolute Gasteiger partial charge is 0.180 e. The van der Waals surface area contributed by atoms with Gasteiger partial charge in [0.1, 0.15) is 18.1 Å². The first-order valence-corrected chi connectivity index (χ1v) is 2.79. The Morgan fingerprint density at radius 2 is 2.60 bits per heavy atom. The topological polar surface area (TPSA) is 42.8 Å². The molecule has 2 rings (SSSR count). The Bertz CT molecular complexity index is 360. The summed E-state index contributed by atoms with van der Waals surface area (Å²) in [4.78, 5) is 7.60.